The largest absolute Gasteiger partial charge is 0.493 e. The number of anilines is 1. The van der Waals surface area contributed by atoms with Gasteiger partial charge in [-0.05, 0) is 67.3 Å². The van der Waals surface area contributed by atoms with Crippen molar-refractivity contribution in [2.75, 3.05) is 31.1 Å². The Morgan fingerprint density at radius 1 is 1.00 bits per heavy atom. The van der Waals surface area contributed by atoms with Crippen molar-refractivity contribution < 1.29 is 22.3 Å². The predicted octanol–water partition coefficient (Wildman–Crippen LogP) is 3.36. The van der Waals surface area contributed by atoms with Gasteiger partial charge in [-0.1, -0.05) is 6.42 Å². The van der Waals surface area contributed by atoms with Crippen LogP contribution in [0.1, 0.15) is 31.2 Å². The van der Waals surface area contributed by atoms with Gasteiger partial charge in [0.1, 0.15) is 11.6 Å². The van der Waals surface area contributed by atoms with Gasteiger partial charge in [0, 0.05) is 25.3 Å². The summed E-state index contributed by atoms with van der Waals surface area (Å²) in [5.41, 5.74) is 1.64. The molecule has 2 aliphatic heterocycles. The van der Waals surface area contributed by atoms with Gasteiger partial charge in [-0.15, -0.1) is 0 Å². The van der Waals surface area contributed by atoms with Crippen LogP contribution < -0.4 is 9.64 Å². The highest BCUT2D eigenvalue weighted by atomic mass is 32.2. The van der Waals surface area contributed by atoms with E-state index in [9.17, 15) is 17.6 Å². The molecule has 4 rings (SSSR count). The number of amides is 1. The number of sulfonamides is 1. The van der Waals surface area contributed by atoms with E-state index in [2.05, 4.69) is 0 Å². The molecule has 0 bridgehead atoms. The second kappa shape index (κ2) is 8.73. The molecule has 2 heterocycles. The van der Waals surface area contributed by atoms with Crippen molar-refractivity contribution in [1.82, 2.24) is 4.31 Å². The first-order valence-electron chi connectivity index (χ1n) is 10.3. The average Bonchev–Trinajstić information content (AvgIpc) is 3.19. The quantitative estimate of drug-likeness (QED) is 0.702. The molecule has 160 valence electrons. The number of halogens is 1. The van der Waals surface area contributed by atoms with Crippen LogP contribution in [0, 0.1) is 5.82 Å². The zero-order chi connectivity index (χ0) is 21.1. The molecule has 2 aliphatic rings. The van der Waals surface area contributed by atoms with Crippen molar-refractivity contribution in [3.8, 4) is 5.75 Å². The third-order valence-electron chi connectivity index (χ3n) is 5.60. The highest BCUT2D eigenvalue weighted by molar-refractivity contribution is 7.89. The van der Waals surface area contributed by atoms with Gasteiger partial charge in [0.2, 0.25) is 15.9 Å². The molecule has 0 aromatic heterocycles. The van der Waals surface area contributed by atoms with Crippen molar-refractivity contribution in [1.29, 1.82) is 0 Å². The number of nitrogens with zero attached hydrogens (tertiary/aromatic N) is 2. The first kappa shape index (κ1) is 20.8. The molecule has 2 aromatic carbocycles. The van der Waals surface area contributed by atoms with E-state index in [0.717, 1.165) is 30.5 Å². The number of fused-ring (bicyclic) bond motifs is 1. The minimum Gasteiger partial charge on any atom is -0.493 e. The number of carbonyl (C=O) groups excluding carboxylic acids is 1. The van der Waals surface area contributed by atoms with E-state index < -0.39 is 10.0 Å². The molecule has 1 fully saturated rings. The Bertz CT molecular complexity index is 1020. The van der Waals surface area contributed by atoms with E-state index in [4.69, 9.17) is 4.74 Å². The van der Waals surface area contributed by atoms with Crippen LogP contribution in [0.15, 0.2) is 47.4 Å². The normalized spacial score (nSPS) is 17.0. The lowest BCUT2D eigenvalue weighted by Gasteiger charge is -2.26. The Balaban J connectivity index is 1.40. The molecule has 6 nitrogen and oxygen atoms in total. The van der Waals surface area contributed by atoms with E-state index >= 15 is 0 Å². The van der Waals surface area contributed by atoms with Crippen LogP contribution in [0.5, 0.6) is 5.75 Å². The van der Waals surface area contributed by atoms with E-state index in [1.165, 1.54) is 24.3 Å². The van der Waals surface area contributed by atoms with Crippen LogP contribution in [0.2, 0.25) is 0 Å². The zero-order valence-electron chi connectivity index (χ0n) is 16.7. The highest BCUT2D eigenvalue weighted by Crippen LogP contribution is 2.32. The van der Waals surface area contributed by atoms with E-state index in [-0.39, 0.29) is 24.8 Å². The minimum absolute atomic E-state index is 0.0810. The molecule has 0 spiro atoms. The maximum Gasteiger partial charge on any atom is 0.243 e. The van der Waals surface area contributed by atoms with E-state index in [0.29, 0.717) is 36.7 Å². The highest BCUT2D eigenvalue weighted by Gasteiger charge is 2.29. The van der Waals surface area contributed by atoms with Crippen LogP contribution in [0.3, 0.4) is 0 Å². The Morgan fingerprint density at radius 3 is 2.47 bits per heavy atom. The van der Waals surface area contributed by atoms with E-state index in [1.54, 1.807) is 27.4 Å². The molecule has 1 amide bonds. The Labute approximate surface area is 176 Å². The number of rotatable bonds is 6. The number of hydrogen-bond acceptors (Lipinski definition) is 4. The first-order chi connectivity index (χ1) is 14.4. The fourth-order valence-electron chi connectivity index (χ4n) is 3.97. The predicted molar refractivity (Wildman–Crippen MR) is 112 cm³/mol. The Hall–Kier alpha value is -2.45. The summed E-state index contributed by atoms with van der Waals surface area (Å²) in [6.07, 6.45) is 3.67. The molecule has 0 unspecified atom stereocenters. The van der Waals surface area contributed by atoms with Gasteiger partial charge in [-0.3, -0.25) is 4.79 Å². The van der Waals surface area contributed by atoms with Crippen LogP contribution >= 0.6 is 0 Å². The summed E-state index contributed by atoms with van der Waals surface area (Å²) < 4.78 is 45.8. The summed E-state index contributed by atoms with van der Waals surface area (Å²) in [6, 6.07) is 10.7. The molecule has 0 aliphatic carbocycles. The molecular formula is C22H25FN2O4S. The number of benzene rings is 2. The van der Waals surface area contributed by atoms with Gasteiger partial charge in [0.05, 0.1) is 17.9 Å². The van der Waals surface area contributed by atoms with Crippen LogP contribution in [-0.2, 0) is 21.2 Å². The van der Waals surface area contributed by atoms with Crippen molar-refractivity contribution in [3.63, 3.8) is 0 Å². The van der Waals surface area contributed by atoms with Crippen LogP contribution in [0.25, 0.3) is 0 Å². The lowest BCUT2D eigenvalue weighted by molar-refractivity contribution is -0.119. The standard InChI is InChI=1S/C22H25FN2O4S/c23-18-4-6-19(7-5-18)29-15-11-22(26)25-14-10-17-16-20(8-9-21(17)25)30(27,28)24-12-2-1-3-13-24/h4-9,16H,1-3,10-15H2. The molecule has 0 saturated carbocycles. The summed E-state index contributed by atoms with van der Waals surface area (Å²) in [5.74, 6) is 0.0925. The van der Waals surface area contributed by atoms with Gasteiger partial charge in [-0.25, -0.2) is 12.8 Å². The number of hydrogen-bond donors (Lipinski definition) is 0. The molecule has 0 radical (unpaired) electrons. The molecule has 0 atom stereocenters. The molecule has 1 saturated heterocycles. The number of ether oxygens (including phenoxy) is 1. The van der Waals surface area contributed by atoms with Crippen molar-refractivity contribution in [3.05, 3.63) is 53.8 Å². The Kier molecular flexibility index (Phi) is 6.06. The van der Waals surface area contributed by atoms with Crippen LogP contribution in [0.4, 0.5) is 10.1 Å². The van der Waals surface area contributed by atoms with Crippen molar-refractivity contribution in [2.45, 2.75) is 37.0 Å². The number of carbonyl (C=O) groups is 1. The summed E-state index contributed by atoms with van der Waals surface area (Å²) in [7, 11) is -3.49. The second-order valence-electron chi connectivity index (χ2n) is 7.60. The maximum absolute atomic E-state index is 12.9. The topological polar surface area (TPSA) is 66.9 Å². The smallest absolute Gasteiger partial charge is 0.243 e. The van der Waals surface area contributed by atoms with E-state index in [1.807, 2.05) is 0 Å². The second-order valence-corrected chi connectivity index (χ2v) is 9.54. The monoisotopic (exact) mass is 432 g/mol. The molecular weight excluding hydrogens is 407 g/mol. The first-order valence-corrected chi connectivity index (χ1v) is 11.7. The molecule has 2 aromatic rings. The SMILES string of the molecule is O=C(CCOc1ccc(F)cc1)N1CCc2cc(S(=O)(=O)N3CCCCC3)ccc21. The van der Waals surface area contributed by atoms with Crippen molar-refractivity contribution >= 4 is 21.6 Å². The van der Waals surface area contributed by atoms with Gasteiger partial charge < -0.3 is 9.64 Å². The zero-order valence-corrected chi connectivity index (χ0v) is 17.5. The lowest BCUT2D eigenvalue weighted by atomic mass is 10.2. The fraction of sp³-hybridized carbons (Fsp3) is 0.409. The molecule has 0 N–H and O–H groups in total. The average molecular weight is 433 g/mol. The summed E-state index contributed by atoms with van der Waals surface area (Å²) >= 11 is 0. The lowest BCUT2D eigenvalue weighted by Crippen LogP contribution is -2.35. The van der Waals surface area contributed by atoms with Gasteiger partial charge in [-0.2, -0.15) is 4.31 Å². The third kappa shape index (κ3) is 4.34. The summed E-state index contributed by atoms with van der Waals surface area (Å²) in [6.45, 7) is 1.85. The summed E-state index contributed by atoms with van der Waals surface area (Å²) in [5, 5.41) is 0. The maximum atomic E-state index is 12.9. The number of piperidine rings is 1. The Morgan fingerprint density at radius 2 is 1.73 bits per heavy atom. The van der Waals surface area contributed by atoms with Gasteiger partial charge in [0.25, 0.3) is 0 Å². The fourth-order valence-corrected chi connectivity index (χ4v) is 5.54. The minimum atomic E-state index is -3.49. The molecule has 8 heteroatoms. The van der Waals surface area contributed by atoms with Gasteiger partial charge in [0.15, 0.2) is 0 Å². The third-order valence-corrected chi connectivity index (χ3v) is 7.49. The van der Waals surface area contributed by atoms with Gasteiger partial charge >= 0.3 is 0 Å². The van der Waals surface area contributed by atoms with Crippen LogP contribution in [-0.4, -0.2) is 44.9 Å². The van der Waals surface area contributed by atoms with Crippen molar-refractivity contribution in [2.24, 2.45) is 0 Å². The molecule has 30 heavy (non-hydrogen) atoms. The summed E-state index contributed by atoms with van der Waals surface area (Å²) in [4.78, 5) is 14.6.